The number of hydrogen-bond donors (Lipinski definition) is 1. The van der Waals surface area contributed by atoms with E-state index in [4.69, 9.17) is 0 Å². The lowest BCUT2D eigenvalue weighted by molar-refractivity contribution is 0.294. The Bertz CT molecular complexity index is 135. The van der Waals surface area contributed by atoms with Crippen LogP contribution < -0.4 is 5.32 Å². The van der Waals surface area contributed by atoms with Crippen LogP contribution in [0.1, 0.15) is 19.3 Å². The zero-order valence-corrected chi connectivity index (χ0v) is 10.4. The van der Waals surface area contributed by atoms with Gasteiger partial charge in [0.2, 0.25) is 0 Å². The Morgan fingerprint density at radius 2 is 2.00 bits per heavy atom. The van der Waals surface area contributed by atoms with Crippen molar-refractivity contribution in [3.63, 3.8) is 0 Å². The van der Waals surface area contributed by atoms with Crippen LogP contribution in [-0.2, 0) is 0 Å². The zero-order valence-electron chi connectivity index (χ0n) is 9.59. The summed E-state index contributed by atoms with van der Waals surface area (Å²) in [6, 6.07) is 0. The second kappa shape index (κ2) is 7.55. The van der Waals surface area contributed by atoms with Crippen molar-refractivity contribution in [2.45, 2.75) is 19.3 Å². The monoisotopic (exact) mass is 216 g/mol. The number of hydrogen-bond acceptors (Lipinski definition) is 3. The molecule has 84 valence electrons. The van der Waals surface area contributed by atoms with Crippen molar-refractivity contribution in [2.75, 3.05) is 45.2 Å². The SMILES string of the molecule is CNCCN(C)CCC1CCSCC1. The fourth-order valence-corrected chi connectivity index (χ4v) is 3.06. The smallest absolute Gasteiger partial charge is 0.0104 e. The first kappa shape index (κ1) is 12.3. The molecule has 1 aliphatic heterocycles. The molecule has 0 amide bonds. The van der Waals surface area contributed by atoms with Crippen molar-refractivity contribution in [1.29, 1.82) is 0 Å². The van der Waals surface area contributed by atoms with Gasteiger partial charge in [-0.25, -0.2) is 0 Å². The van der Waals surface area contributed by atoms with Gasteiger partial charge in [-0.2, -0.15) is 11.8 Å². The Morgan fingerprint density at radius 3 is 2.64 bits per heavy atom. The van der Waals surface area contributed by atoms with Gasteiger partial charge in [0, 0.05) is 13.1 Å². The summed E-state index contributed by atoms with van der Waals surface area (Å²) in [6.45, 7) is 3.56. The summed E-state index contributed by atoms with van der Waals surface area (Å²) in [7, 11) is 4.25. The van der Waals surface area contributed by atoms with Gasteiger partial charge < -0.3 is 10.2 Å². The van der Waals surface area contributed by atoms with Gasteiger partial charge in [0.15, 0.2) is 0 Å². The summed E-state index contributed by atoms with van der Waals surface area (Å²) in [5, 5.41) is 3.19. The first-order valence-corrected chi connectivity index (χ1v) is 6.89. The van der Waals surface area contributed by atoms with Gasteiger partial charge in [0.1, 0.15) is 0 Å². The Kier molecular flexibility index (Phi) is 6.65. The van der Waals surface area contributed by atoms with Gasteiger partial charge in [0.25, 0.3) is 0 Å². The first-order chi connectivity index (χ1) is 6.83. The number of rotatable bonds is 6. The zero-order chi connectivity index (χ0) is 10.2. The number of nitrogens with zero attached hydrogens (tertiary/aromatic N) is 1. The maximum atomic E-state index is 3.19. The maximum absolute atomic E-state index is 3.19. The molecule has 0 aromatic heterocycles. The molecule has 0 aromatic rings. The maximum Gasteiger partial charge on any atom is 0.0104 e. The molecule has 0 aliphatic carbocycles. The minimum absolute atomic E-state index is 1.01. The van der Waals surface area contributed by atoms with E-state index in [1.165, 1.54) is 43.9 Å². The van der Waals surface area contributed by atoms with Crippen LogP contribution in [-0.4, -0.2) is 50.1 Å². The van der Waals surface area contributed by atoms with Gasteiger partial charge in [-0.1, -0.05) is 0 Å². The highest BCUT2D eigenvalue weighted by Crippen LogP contribution is 2.25. The summed E-state index contributed by atoms with van der Waals surface area (Å²) >= 11 is 2.12. The molecule has 0 radical (unpaired) electrons. The second-order valence-corrected chi connectivity index (χ2v) is 5.48. The van der Waals surface area contributed by atoms with Gasteiger partial charge in [-0.05, 0) is 57.3 Å². The fourth-order valence-electron chi connectivity index (χ4n) is 1.85. The van der Waals surface area contributed by atoms with Gasteiger partial charge in [-0.3, -0.25) is 0 Å². The molecule has 0 spiro atoms. The Balaban J connectivity index is 2.00. The van der Waals surface area contributed by atoms with E-state index in [0.29, 0.717) is 0 Å². The van der Waals surface area contributed by atoms with Crippen LogP contribution in [0.25, 0.3) is 0 Å². The molecule has 1 rings (SSSR count). The minimum Gasteiger partial charge on any atom is -0.318 e. The molecule has 0 aromatic carbocycles. The van der Waals surface area contributed by atoms with Crippen LogP contribution in [0.3, 0.4) is 0 Å². The molecule has 14 heavy (non-hydrogen) atoms. The average molecular weight is 216 g/mol. The van der Waals surface area contributed by atoms with Crippen LogP contribution in [0.4, 0.5) is 0 Å². The van der Waals surface area contributed by atoms with Crippen molar-refractivity contribution >= 4 is 11.8 Å². The van der Waals surface area contributed by atoms with E-state index in [-0.39, 0.29) is 0 Å². The molecule has 1 N–H and O–H groups in total. The molecule has 0 saturated carbocycles. The predicted molar refractivity (Wildman–Crippen MR) is 66.1 cm³/mol. The molecular formula is C11H24N2S. The third-order valence-electron chi connectivity index (χ3n) is 3.00. The molecule has 2 nitrogen and oxygen atoms in total. The highest BCUT2D eigenvalue weighted by molar-refractivity contribution is 7.99. The van der Waals surface area contributed by atoms with Crippen LogP contribution in [0.2, 0.25) is 0 Å². The number of likely N-dealkylation sites (N-methyl/N-ethyl adjacent to an activating group) is 2. The molecule has 1 fully saturated rings. The Labute approximate surface area is 92.8 Å². The van der Waals surface area contributed by atoms with Crippen LogP contribution >= 0.6 is 11.8 Å². The Hall–Kier alpha value is 0.270. The summed E-state index contributed by atoms with van der Waals surface area (Å²) in [4.78, 5) is 2.44. The lowest BCUT2D eigenvalue weighted by atomic mass is 9.99. The average Bonchev–Trinajstić information content (AvgIpc) is 2.25. The third-order valence-corrected chi connectivity index (χ3v) is 4.05. The fraction of sp³-hybridized carbons (Fsp3) is 1.00. The quantitative estimate of drug-likeness (QED) is 0.727. The normalized spacial score (nSPS) is 19.1. The van der Waals surface area contributed by atoms with Crippen molar-refractivity contribution in [1.82, 2.24) is 10.2 Å². The van der Waals surface area contributed by atoms with Crippen LogP contribution in [0.15, 0.2) is 0 Å². The molecule has 1 aliphatic rings. The van der Waals surface area contributed by atoms with Crippen LogP contribution in [0, 0.1) is 5.92 Å². The van der Waals surface area contributed by atoms with E-state index in [1.807, 2.05) is 7.05 Å². The topological polar surface area (TPSA) is 15.3 Å². The van der Waals surface area contributed by atoms with E-state index in [0.717, 1.165) is 12.5 Å². The third kappa shape index (κ3) is 5.23. The lowest BCUT2D eigenvalue weighted by Gasteiger charge is -2.24. The van der Waals surface area contributed by atoms with Crippen LogP contribution in [0.5, 0.6) is 0 Å². The van der Waals surface area contributed by atoms with Gasteiger partial charge in [0.05, 0.1) is 0 Å². The molecule has 0 bridgehead atoms. The molecule has 1 saturated heterocycles. The molecule has 0 atom stereocenters. The summed E-state index contributed by atoms with van der Waals surface area (Å²) in [6.07, 6.45) is 4.30. The van der Waals surface area contributed by atoms with E-state index in [2.05, 4.69) is 29.0 Å². The standard InChI is InChI=1S/C11H24N2S/c1-12-6-8-13(2)7-3-11-4-9-14-10-5-11/h11-12H,3-10H2,1-2H3. The van der Waals surface area contributed by atoms with Gasteiger partial charge in [-0.15, -0.1) is 0 Å². The highest BCUT2D eigenvalue weighted by Gasteiger charge is 2.13. The predicted octanol–water partition coefficient (Wildman–Crippen LogP) is 1.67. The second-order valence-electron chi connectivity index (χ2n) is 4.25. The van der Waals surface area contributed by atoms with E-state index < -0.39 is 0 Å². The van der Waals surface area contributed by atoms with Crippen molar-refractivity contribution in [3.8, 4) is 0 Å². The molecule has 1 heterocycles. The van der Waals surface area contributed by atoms with E-state index in [9.17, 15) is 0 Å². The van der Waals surface area contributed by atoms with Gasteiger partial charge >= 0.3 is 0 Å². The Morgan fingerprint density at radius 1 is 1.29 bits per heavy atom. The highest BCUT2D eigenvalue weighted by atomic mass is 32.2. The van der Waals surface area contributed by atoms with Crippen molar-refractivity contribution in [2.24, 2.45) is 5.92 Å². The number of nitrogens with one attached hydrogen (secondary N) is 1. The first-order valence-electron chi connectivity index (χ1n) is 5.74. The lowest BCUT2D eigenvalue weighted by Crippen LogP contribution is -2.29. The van der Waals surface area contributed by atoms with E-state index in [1.54, 1.807) is 0 Å². The summed E-state index contributed by atoms with van der Waals surface area (Å²) < 4.78 is 0. The van der Waals surface area contributed by atoms with Crippen molar-refractivity contribution in [3.05, 3.63) is 0 Å². The van der Waals surface area contributed by atoms with Crippen molar-refractivity contribution < 1.29 is 0 Å². The molecule has 3 heteroatoms. The molecular weight excluding hydrogens is 192 g/mol. The summed E-state index contributed by atoms with van der Waals surface area (Å²) in [5.41, 5.74) is 0. The molecule has 0 unspecified atom stereocenters. The number of thioether (sulfide) groups is 1. The largest absolute Gasteiger partial charge is 0.318 e. The van der Waals surface area contributed by atoms with E-state index >= 15 is 0 Å². The summed E-state index contributed by atoms with van der Waals surface area (Å²) in [5.74, 6) is 3.80. The minimum atomic E-state index is 1.01.